The van der Waals surface area contributed by atoms with Gasteiger partial charge in [-0.25, -0.2) is 4.98 Å². The average molecular weight is 398 g/mol. The zero-order chi connectivity index (χ0) is 19.7. The van der Waals surface area contributed by atoms with Crippen molar-refractivity contribution in [3.63, 3.8) is 0 Å². The molecule has 148 valence electrons. The van der Waals surface area contributed by atoms with E-state index in [4.69, 9.17) is 4.98 Å². The summed E-state index contributed by atoms with van der Waals surface area (Å²) >= 11 is 1.52. The molecule has 0 atom stereocenters. The molecular formula is C21H27N5OS. The normalized spacial score (nSPS) is 15.2. The SMILES string of the molecule is Cc1nn(C)c(C)c1NC(=O)CSc1nc2ccccc2n1C1CCCCC1. The Balaban J connectivity index is 1.53. The topological polar surface area (TPSA) is 64.7 Å². The number of rotatable bonds is 5. The molecule has 3 aromatic rings. The molecule has 0 saturated heterocycles. The van der Waals surface area contributed by atoms with E-state index in [1.807, 2.05) is 27.0 Å². The van der Waals surface area contributed by atoms with Crippen LogP contribution in [-0.4, -0.2) is 31.0 Å². The van der Waals surface area contributed by atoms with Crippen molar-refractivity contribution in [2.45, 2.75) is 57.1 Å². The van der Waals surface area contributed by atoms with Crippen molar-refractivity contribution < 1.29 is 4.79 Å². The first kappa shape index (κ1) is 19.1. The zero-order valence-corrected chi connectivity index (χ0v) is 17.6. The van der Waals surface area contributed by atoms with Crippen molar-refractivity contribution in [3.05, 3.63) is 35.7 Å². The predicted octanol–water partition coefficient (Wildman–Crippen LogP) is 4.62. The van der Waals surface area contributed by atoms with Crippen LogP contribution in [-0.2, 0) is 11.8 Å². The third-order valence-electron chi connectivity index (χ3n) is 5.61. The number of nitrogens with one attached hydrogen (secondary N) is 1. The first-order valence-electron chi connectivity index (χ1n) is 9.94. The highest BCUT2D eigenvalue weighted by molar-refractivity contribution is 7.99. The van der Waals surface area contributed by atoms with Crippen LogP contribution in [0.3, 0.4) is 0 Å². The molecule has 2 aromatic heterocycles. The molecule has 4 rings (SSSR count). The number of imidazole rings is 1. The van der Waals surface area contributed by atoms with Gasteiger partial charge in [-0.15, -0.1) is 0 Å². The fourth-order valence-electron chi connectivity index (χ4n) is 4.08. The van der Waals surface area contributed by atoms with Gasteiger partial charge in [-0.3, -0.25) is 9.48 Å². The lowest BCUT2D eigenvalue weighted by atomic mass is 9.95. The summed E-state index contributed by atoms with van der Waals surface area (Å²) in [6.45, 7) is 3.88. The molecule has 6 nitrogen and oxygen atoms in total. The second-order valence-corrected chi connectivity index (χ2v) is 8.49. The van der Waals surface area contributed by atoms with Gasteiger partial charge in [0.2, 0.25) is 5.91 Å². The van der Waals surface area contributed by atoms with Crippen molar-refractivity contribution in [1.29, 1.82) is 0 Å². The van der Waals surface area contributed by atoms with Crippen LogP contribution >= 0.6 is 11.8 Å². The predicted molar refractivity (Wildman–Crippen MR) is 114 cm³/mol. The summed E-state index contributed by atoms with van der Waals surface area (Å²) in [6.07, 6.45) is 6.23. The van der Waals surface area contributed by atoms with Gasteiger partial charge in [0.1, 0.15) is 0 Å². The van der Waals surface area contributed by atoms with Gasteiger partial charge in [0.05, 0.1) is 33.9 Å². The number of benzene rings is 1. The molecule has 0 spiro atoms. The van der Waals surface area contributed by atoms with E-state index in [0.29, 0.717) is 11.8 Å². The number of thioether (sulfide) groups is 1. The third-order valence-corrected chi connectivity index (χ3v) is 6.56. The van der Waals surface area contributed by atoms with Crippen molar-refractivity contribution >= 4 is 34.4 Å². The molecule has 1 aliphatic rings. The second kappa shape index (κ2) is 7.99. The van der Waals surface area contributed by atoms with Crippen LogP contribution in [0.15, 0.2) is 29.4 Å². The number of anilines is 1. The van der Waals surface area contributed by atoms with Crippen LogP contribution in [0.4, 0.5) is 5.69 Å². The van der Waals surface area contributed by atoms with E-state index in [1.165, 1.54) is 49.4 Å². The summed E-state index contributed by atoms with van der Waals surface area (Å²) < 4.78 is 4.16. The number of aromatic nitrogens is 4. The van der Waals surface area contributed by atoms with Crippen LogP contribution in [0, 0.1) is 13.8 Å². The minimum atomic E-state index is -0.0218. The summed E-state index contributed by atoms with van der Waals surface area (Å²) in [7, 11) is 1.89. The largest absolute Gasteiger partial charge is 0.322 e. The highest BCUT2D eigenvalue weighted by Gasteiger charge is 2.22. The number of nitrogens with zero attached hydrogens (tertiary/aromatic N) is 4. The highest BCUT2D eigenvalue weighted by Crippen LogP contribution is 2.35. The lowest BCUT2D eigenvalue weighted by molar-refractivity contribution is -0.113. The first-order chi connectivity index (χ1) is 13.5. The Morgan fingerprint density at radius 2 is 1.96 bits per heavy atom. The molecule has 2 heterocycles. The van der Waals surface area contributed by atoms with E-state index in [-0.39, 0.29) is 5.91 Å². The van der Waals surface area contributed by atoms with Gasteiger partial charge in [0.25, 0.3) is 0 Å². The molecule has 28 heavy (non-hydrogen) atoms. The zero-order valence-electron chi connectivity index (χ0n) is 16.7. The van der Waals surface area contributed by atoms with Gasteiger partial charge in [-0.1, -0.05) is 43.2 Å². The number of fused-ring (bicyclic) bond motifs is 1. The summed E-state index contributed by atoms with van der Waals surface area (Å²) in [5.74, 6) is 0.315. The smallest absolute Gasteiger partial charge is 0.234 e. The molecule has 1 N–H and O–H groups in total. The first-order valence-corrected chi connectivity index (χ1v) is 10.9. The quantitative estimate of drug-likeness (QED) is 0.638. The number of amides is 1. The summed E-state index contributed by atoms with van der Waals surface area (Å²) in [4.78, 5) is 17.4. The van der Waals surface area contributed by atoms with Gasteiger partial charge in [0, 0.05) is 13.1 Å². The van der Waals surface area contributed by atoms with Crippen LogP contribution in [0.2, 0.25) is 0 Å². The summed E-state index contributed by atoms with van der Waals surface area (Å²) in [6, 6.07) is 8.77. The van der Waals surface area contributed by atoms with Crippen LogP contribution in [0.25, 0.3) is 11.0 Å². The Morgan fingerprint density at radius 1 is 1.21 bits per heavy atom. The highest BCUT2D eigenvalue weighted by atomic mass is 32.2. The molecule has 0 unspecified atom stereocenters. The third kappa shape index (κ3) is 3.68. The molecule has 7 heteroatoms. The molecule has 1 amide bonds. The minimum absolute atomic E-state index is 0.0218. The second-order valence-electron chi connectivity index (χ2n) is 7.55. The number of hydrogen-bond donors (Lipinski definition) is 1. The Kier molecular flexibility index (Phi) is 5.44. The summed E-state index contributed by atoms with van der Waals surface area (Å²) in [5.41, 5.74) is 4.80. The average Bonchev–Trinajstić information content (AvgIpc) is 3.19. The van der Waals surface area contributed by atoms with E-state index in [0.717, 1.165) is 27.7 Å². The van der Waals surface area contributed by atoms with Gasteiger partial charge < -0.3 is 9.88 Å². The van der Waals surface area contributed by atoms with E-state index >= 15 is 0 Å². The number of hydrogen-bond acceptors (Lipinski definition) is 4. The molecule has 0 bridgehead atoms. The lowest BCUT2D eigenvalue weighted by Crippen LogP contribution is -2.17. The van der Waals surface area contributed by atoms with E-state index in [9.17, 15) is 4.79 Å². The number of carbonyl (C=O) groups excluding carboxylic acids is 1. The van der Waals surface area contributed by atoms with Crippen LogP contribution in [0.1, 0.15) is 49.5 Å². The maximum Gasteiger partial charge on any atom is 0.234 e. The molecule has 1 fully saturated rings. The van der Waals surface area contributed by atoms with Gasteiger partial charge in [-0.05, 0) is 38.8 Å². The molecule has 1 aliphatic carbocycles. The Labute approximate surface area is 169 Å². The molecule has 1 aromatic carbocycles. The van der Waals surface area contributed by atoms with Gasteiger partial charge in [-0.2, -0.15) is 5.10 Å². The standard InChI is InChI=1S/C21H27N5OS/c1-14-20(15(2)25(3)24-14)23-19(27)13-28-21-22-17-11-7-8-12-18(17)26(21)16-9-5-4-6-10-16/h7-8,11-12,16H,4-6,9-10,13H2,1-3H3,(H,23,27). The molecule has 0 radical (unpaired) electrons. The van der Waals surface area contributed by atoms with Crippen molar-refractivity contribution in [1.82, 2.24) is 19.3 Å². The maximum atomic E-state index is 12.6. The van der Waals surface area contributed by atoms with Crippen molar-refractivity contribution in [3.8, 4) is 0 Å². The molecular weight excluding hydrogens is 370 g/mol. The van der Waals surface area contributed by atoms with Crippen molar-refractivity contribution in [2.75, 3.05) is 11.1 Å². The lowest BCUT2D eigenvalue weighted by Gasteiger charge is -2.25. The number of para-hydroxylation sites is 2. The van der Waals surface area contributed by atoms with Gasteiger partial charge in [0.15, 0.2) is 5.16 Å². The number of aryl methyl sites for hydroxylation is 2. The molecule has 1 saturated carbocycles. The maximum absolute atomic E-state index is 12.6. The van der Waals surface area contributed by atoms with E-state index in [1.54, 1.807) is 4.68 Å². The van der Waals surface area contributed by atoms with Crippen LogP contribution < -0.4 is 5.32 Å². The monoisotopic (exact) mass is 397 g/mol. The Bertz CT molecular complexity index is 1000. The van der Waals surface area contributed by atoms with Crippen molar-refractivity contribution in [2.24, 2.45) is 7.05 Å². The summed E-state index contributed by atoms with van der Waals surface area (Å²) in [5, 5.41) is 8.33. The molecule has 0 aliphatic heterocycles. The van der Waals surface area contributed by atoms with Gasteiger partial charge >= 0.3 is 0 Å². The fourth-order valence-corrected chi connectivity index (χ4v) is 4.96. The number of carbonyl (C=O) groups is 1. The minimum Gasteiger partial charge on any atom is -0.322 e. The fraction of sp³-hybridized carbons (Fsp3) is 0.476. The Hall–Kier alpha value is -2.28. The Morgan fingerprint density at radius 3 is 2.68 bits per heavy atom. The van der Waals surface area contributed by atoms with E-state index < -0.39 is 0 Å². The van der Waals surface area contributed by atoms with Crippen LogP contribution in [0.5, 0.6) is 0 Å². The van der Waals surface area contributed by atoms with E-state index in [2.05, 4.69) is 33.2 Å².